The Bertz CT molecular complexity index is 910. The highest BCUT2D eigenvalue weighted by molar-refractivity contribution is 6.61. The third-order valence-corrected chi connectivity index (χ3v) is 7.19. The van der Waals surface area contributed by atoms with E-state index in [1.807, 2.05) is 32.6 Å². The van der Waals surface area contributed by atoms with Gasteiger partial charge >= 0.3 is 19.2 Å². The van der Waals surface area contributed by atoms with E-state index in [9.17, 15) is 9.59 Å². The van der Waals surface area contributed by atoms with Crippen molar-refractivity contribution in [1.82, 2.24) is 20.2 Å². The van der Waals surface area contributed by atoms with Crippen LogP contribution < -0.4 is 15.5 Å². The largest absolute Gasteiger partial charge is 0.498 e. The highest BCUT2D eigenvalue weighted by atomic mass is 16.7. The molecule has 37 heavy (non-hydrogen) atoms. The minimum Gasteiger partial charge on any atom is -0.463 e. The van der Waals surface area contributed by atoms with Gasteiger partial charge in [0.2, 0.25) is 5.91 Å². The van der Waals surface area contributed by atoms with Crippen molar-refractivity contribution in [1.29, 1.82) is 0 Å². The molecule has 0 radical (unpaired) electrons. The molecule has 2 amide bonds. The standard InChI is InChI=1S/C26H43BN4O6/c1-18(30-23(33)35-24(2,3)4)21(32)31-13-11-19(12-14-31)10-9-15-34-22-28-16-20(17-29-22)27-36-25(5,6)26(7,8)37-27/h16-19H,9-15H2,1-8H3,(H,30,33)/t18-/m0/s1. The molecule has 10 nitrogen and oxygen atoms in total. The zero-order valence-corrected chi connectivity index (χ0v) is 23.6. The lowest BCUT2D eigenvalue weighted by Gasteiger charge is -2.34. The Morgan fingerprint density at radius 3 is 2.24 bits per heavy atom. The molecule has 2 aliphatic heterocycles. The number of alkyl carbamates (subject to hydrolysis) is 1. The molecule has 1 N–H and O–H groups in total. The quantitative estimate of drug-likeness (QED) is 0.413. The van der Waals surface area contributed by atoms with E-state index >= 15 is 0 Å². The monoisotopic (exact) mass is 518 g/mol. The molecule has 0 aliphatic carbocycles. The van der Waals surface area contributed by atoms with Crippen LogP contribution in [0.5, 0.6) is 6.01 Å². The second-order valence-electron chi connectivity index (χ2n) is 12.0. The minimum absolute atomic E-state index is 0.0752. The van der Waals surface area contributed by atoms with E-state index < -0.39 is 36.1 Å². The number of piperidine rings is 1. The van der Waals surface area contributed by atoms with Crippen molar-refractivity contribution in [3.05, 3.63) is 12.4 Å². The van der Waals surface area contributed by atoms with Crippen molar-refractivity contribution < 1.29 is 28.4 Å². The Labute approximate surface area is 221 Å². The Hall–Kier alpha value is -2.40. The van der Waals surface area contributed by atoms with Crippen LogP contribution in [0.1, 0.15) is 81.1 Å². The maximum absolute atomic E-state index is 12.7. The molecule has 2 aliphatic rings. The van der Waals surface area contributed by atoms with E-state index in [0.717, 1.165) is 31.1 Å². The first kappa shape index (κ1) is 29.2. The Kier molecular flexibility index (Phi) is 9.11. The molecule has 1 aromatic heterocycles. The van der Waals surface area contributed by atoms with Crippen molar-refractivity contribution in [2.24, 2.45) is 5.92 Å². The van der Waals surface area contributed by atoms with E-state index in [1.54, 1.807) is 40.1 Å². The Balaban J connectivity index is 1.33. The van der Waals surface area contributed by atoms with Crippen LogP contribution in [-0.4, -0.2) is 76.5 Å². The third-order valence-electron chi connectivity index (χ3n) is 7.19. The van der Waals surface area contributed by atoms with Gasteiger partial charge in [-0.3, -0.25) is 4.79 Å². The maximum Gasteiger partial charge on any atom is 0.498 e. The number of amides is 2. The zero-order valence-electron chi connectivity index (χ0n) is 23.6. The molecule has 3 rings (SSSR count). The predicted molar refractivity (Wildman–Crippen MR) is 141 cm³/mol. The molecule has 206 valence electrons. The van der Waals surface area contributed by atoms with Gasteiger partial charge in [0.25, 0.3) is 0 Å². The zero-order chi connectivity index (χ0) is 27.4. The third kappa shape index (κ3) is 8.04. The van der Waals surface area contributed by atoms with E-state index in [4.69, 9.17) is 18.8 Å². The first-order valence-electron chi connectivity index (χ1n) is 13.3. The van der Waals surface area contributed by atoms with Gasteiger partial charge < -0.3 is 29.0 Å². The Morgan fingerprint density at radius 1 is 1.14 bits per heavy atom. The fourth-order valence-corrected chi connectivity index (χ4v) is 4.30. The van der Waals surface area contributed by atoms with Gasteiger partial charge in [-0.25, -0.2) is 14.8 Å². The highest BCUT2D eigenvalue weighted by Gasteiger charge is 2.52. The molecular formula is C26H43BN4O6. The first-order valence-corrected chi connectivity index (χ1v) is 13.3. The highest BCUT2D eigenvalue weighted by Crippen LogP contribution is 2.36. The summed E-state index contributed by atoms with van der Waals surface area (Å²) in [5, 5.41) is 2.63. The van der Waals surface area contributed by atoms with Crippen LogP contribution in [0, 0.1) is 5.92 Å². The van der Waals surface area contributed by atoms with Gasteiger partial charge in [0, 0.05) is 30.9 Å². The number of hydrogen-bond donors (Lipinski definition) is 1. The van der Waals surface area contributed by atoms with Crippen LogP contribution in [-0.2, 0) is 18.8 Å². The van der Waals surface area contributed by atoms with E-state index in [0.29, 0.717) is 31.6 Å². The molecule has 0 spiro atoms. The summed E-state index contributed by atoms with van der Waals surface area (Å²) in [7, 11) is -0.493. The van der Waals surface area contributed by atoms with Gasteiger partial charge in [-0.15, -0.1) is 0 Å². The molecule has 0 aromatic carbocycles. The summed E-state index contributed by atoms with van der Waals surface area (Å²) in [6, 6.07) is -0.275. The number of carbonyl (C=O) groups excluding carboxylic acids is 2. The number of carbonyl (C=O) groups is 2. The molecule has 0 unspecified atom stereocenters. The molecule has 11 heteroatoms. The maximum atomic E-state index is 12.7. The summed E-state index contributed by atoms with van der Waals surface area (Å²) >= 11 is 0. The second-order valence-corrected chi connectivity index (χ2v) is 12.0. The van der Waals surface area contributed by atoms with Crippen LogP contribution in [0.3, 0.4) is 0 Å². The van der Waals surface area contributed by atoms with Gasteiger partial charge in [-0.1, -0.05) is 0 Å². The van der Waals surface area contributed by atoms with E-state index in [1.165, 1.54) is 0 Å². The molecule has 0 bridgehead atoms. The fraction of sp³-hybridized carbons (Fsp3) is 0.769. The summed E-state index contributed by atoms with van der Waals surface area (Å²) < 4.78 is 23.0. The van der Waals surface area contributed by atoms with Crippen molar-refractivity contribution in [3.63, 3.8) is 0 Å². The van der Waals surface area contributed by atoms with Gasteiger partial charge in [0.15, 0.2) is 0 Å². The molecule has 2 saturated heterocycles. The summed E-state index contributed by atoms with van der Waals surface area (Å²) in [5.74, 6) is 0.460. The molecule has 3 heterocycles. The molecule has 1 atom stereocenters. The summed E-state index contributed by atoms with van der Waals surface area (Å²) in [5.41, 5.74) is -0.654. The average molecular weight is 518 g/mol. The molecule has 1 aromatic rings. The molecular weight excluding hydrogens is 475 g/mol. The number of nitrogens with one attached hydrogen (secondary N) is 1. The fourth-order valence-electron chi connectivity index (χ4n) is 4.30. The number of hydrogen-bond acceptors (Lipinski definition) is 8. The SMILES string of the molecule is C[C@H](NC(=O)OC(C)(C)C)C(=O)N1CCC(CCCOc2ncc(B3OC(C)(C)C(C)(C)O3)cn2)CC1. The van der Waals surface area contributed by atoms with Crippen LogP contribution in [0.15, 0.2) is 12.4 Å². The number of aromatic nitrogens is 2. The smallest absolute Gasteiger partial charge is 0.463 e. The van der Waals surface area contributed by atoms with Crippen molar-refractivity contribution in [3.8, 4) is 6.01 Å². The number of nitrogens with zero attached hydrogens (tertiary/aromatic N) is 3. The van der Waals surface area contributed by atoms with Gasteiger partial charge in [-0.2, -0.15) is 0 Å². The van der Waals surface area contributed by atoms with Gasteiger partial charge in [0.1, 0.15) is 11.6 Å². The molecule has 0 saturated carbocycles. The van der Waals surface area contributed by atoms with E-state index in [2.05, 4.69) is 15.3 Å². The van der Waals surface area contributed by atoms with Gasteiger partial charge in [-0.05, 0) is 87.0 Å². The van der Waals surface area contributed by atoms with Gasteiger partial charge in [0.05, 0.1) is 17.8 Å². The number of ether oxygens (including phenoxy) is 2. The van der Waals surface area contributed by atoms with Crippen LogP contribution in [0.4, 0.5) is 4.79 Å². The topological polar surface area (TPSA) is 112 Å². The average Bonchev–Trinajstić information content (AvgIpc) is 3.02. The summed E-state index contributed by atoms with van der Waals surface area (Å²) in [6.07, 6.45) is 6.58. The lowest BCUT2D eigenvalue weighted by Crippen LogP contribution is -2.50. The second kappa shape index (κ2) is 11.6. The predicted octanol–water partition coefficient (Wildman–Crippen LogP) is 3.09. The van der Waals surface area contributed by atoms with Crippen molar-refractivity contribution >= 4 is 24.6 Å². The lowest BCUT2D eigenvalue weighted by molar-refractivity contribution is -0.134. The lowest BCUT2D eigenvalue weighted by atomic mass is 9.81. The minimum atomic E-state index is -0.615. The summed E-state index contributed by atoms with van der Waals surface area (Å²) in [6.45, 7) is 17.0. The van der Waals surface area contributed by atoms with E-state index in [-0.39, 0.29) is 5.91 Å². The van der Waals surface area contributed by atoms with Crippen LogP contribution >= 0.6 is 0 Å². The number of rotatable bonds is 8. The Morgan fingerprint density at radius 2 is 1.70 bits per heavy atom. The van der Waals surface area contributed by atoms with Crippen molar-refractivity contribution in [2.75, 3.05) is 19.7 Å². The number of likely N-dealkylation sites (tertiary alicyclic amines) is 1. The first-order chi connectivity index (χ1) is 17.2. The summed E-state index contributed by atoms with van der Waals surface area (Å²) in [4.78, 5) is 35.1. The molecule has 2 fully saturated rings. The van der Waals surface area contributed by atoms with Crippen LogP contribution in [0.25, 0.3) is 0 Å². The van der Waals surface area contributed by atoms with Crippen molar-refractivity contribution in [2.45, 2.75) is 104 Å². The normalized spacial score (nSPS) is 20.4. The van der Waals surface area contributed by atoms with Crippen LogP contribution in [0.2, 0.25) is 0 Å².